The fourth-order valence-corrected chi connectivity index (χ4v) is 2.81. The number of aliphatic imine (C=N–C) groups is 1. The number of nitrogens with two attached hydrogens (primary N) is 1. The molecule has 3 aromatic rings. The fourth-order valence-electron chi connectivity index (χ4n) is 2.55. The van der Waals surface area contributed by atoms with Gasteiger partial charge >= 0.3 is 0 Å². The first-order valence-corrected chi connectivity index (χ1v) is 9.59. The summed E-state index contributed by atoms with van der Waals surface area (Å²) < 4.78 is 0. The smallest absolute Gasteiger partial charge is 0.258 e. The largest absolute Gasteiger partial charge is 0.401 e. The highest BCUT2D eigenvalue weighted by Gasteiger charge is 2.17. The number of fused-ring (bicyclic) bond motifs is 1. The number of para-hydroxylation sites is 1. The lowest BCUT2D eigenvalue weighted by atomic mass is 9.92. The molecule has 3 rings (SSSR count). The Morgan fingerprint density at radius 2 is 1.86 bits per heavy atom. The lowest BCUT2D eigenvalue weighted by Crippen LogP contribution is -2.31. The van der Waals surface area contributed by atoms with E-state index in [1.807, 2.05) is 63.2 Å². The Kier molecular flexibility index (Phi) is 5.99. The molecule has 5 nitrogen and oxygen atoms in total. The van der Waals surface area contributed by atoms with Crippen LogP contribution in [0.2, 0.25) is 5.02 Å². The van der Waals surface area contributed by atoms with Crippen LogP contribution < -0.4 is 11.1 Å². The van der Waals surface area contributed by atoms with Crippen LogP contribution in [0, 0.1) is 5.41 Å². The van der Waals surface area contributed by atoms with E-state index in [9.17, 15) is 4.79 Å². The topological polar surface area (TPSA) is 80.4 Å². The van der Waals surface area contributed by atoms with Gasteiger partial charge in [-0.3, -0.25) is 9.78 Å². The van der Waals surface area contributed by atoms with Crippen LogP contribution in [-0.4, -0.2) is 16.7 Å². The Labute approximate surface area is 175 Å². The van der Waals surface area contributed by atoms with Gasteiger partial charge in [-0.2, -0.15) is 0 Å². The molecule has 0 aliphatic carbocycles. The van der Waals surface area contributed by atoms with Gasteiger partial charge < -0.3 is 11.1 Å². The molecule has 0 atom stereocenters. The zero-order valence-corrected chi connectivity index (χ0v) is 17.4. The Hall–Kier alpha value is -3.18. The number of hydrogen-bond donors (Lipinski definition) is 2. The predicted molar refractivity (Wildman–Crippen MR) is 119 cm³/mol. The molecule has 1 heterocycles. The highest BCUT2D eigenvalue weighted by Crippen LogP contribution is 2.24. The van der Waals surface area contributed by atoms with E-state index in [0.29, 0.717) is 33.3 Å². The van der Waals surface area contributed by atoms with Crippen molar-refractivity contribution in [1.29, 1.82) is 0 Å². The number of rotatable bonds is 3. The number of hydrogen-bond acceptors (Lipinski definition) is 4. The van der Waals surface area contributed by atoms with Crippen molar-refractivity contribution in [3.05, 3.63) is 83.2 Å². The average Bonchev–Trinajstić information content (AvgIpc) is 2.67. The third-order valence-electron chi connectivity index (χ3n) is 4.34. The van der Waals surface area contributed by atoms with Gasteiger partial charge in [-0.15, -0.1) is 0 Å². The van der Waals surface area contributed by atoms with Gasteiger partial charge in [0.15, 0.2) is 0 Å². The van der Waals surface area contributed by atoms with E-state index in [-0.39, 0.29) is 11.3 Å². The monoisotopic (exact) mass is 406 g/mol. The Bertz CT molecular complexity index is 1100. The summed E-state index contributed by atoms with van der Waals surface area (Å²) in [5, 5.41) is 4.04. The van der Waals surface area contributed by atoms with Crippen molar-refractivity contribution in [3.63, 3.8) is 0 Å². The van der Waals surface area contributed by atoms with E-state index in [4.69, 9.17) is 17.3 Å². The van der Waals surface area contributed by atoms with Crippen LogP contribution in [0.25, 0.3) is 10.9 Å². The lowest BCUT2D eigenvalue weighted by Gasteiger charge is -2.19. The summed E-state index contributed by atoms with van der Waals surface area (Å²) in [6.07, 6.45) is 3.35. The number of nitrogens with one attached hydrogen (secondary N) is 1. The quantitative estimate of drug-likeness (QED) is 0.461. The second-order valence-corrected chi connectivity index (χ2v) is 8.07. The molecule has 1 aromatic heterocycles. The molecule has 3 N–H and O–H groups in total. The van der Waals surface area contributed by atoms with E-state index in [0.717, 1.165) is 5.39 Å². The molecule has 0 aliphatic rings. The molecule has 0 bridgehead atoms. The fraction of sp³-hybridized carbons (Fsp3) is 0.174. The maximum absolute atomic E-state index is 13.0. The number of nitrogens with zero attached hydrogens (tertiary/aromatic N) is 2. The molecule has 0 saturated carbocycles. The van der Waals surface area contributed by atoms with Gasteiger partial charge in [-0.25, -0.2) is 4.99 Å². The zero-order chi connectivity index (χ0) is 21.0. The highest BCUT2D eigenvalue weighted by atomic mass is 35.5. The summed E-state index contributed by atoms with van der Waals surface area (Å²) in [6.45, 7) is 5.98. The van der Waals surface area contributed by atoms with Gasteiger partial charge in [0.2, 0.25) is 0 Å². The second-order valence-electron chi connectivity index (χ2n) is 7.66. The molecular formula is C23H23ClN4O. The van der Waals surface area contributed by atoms with Crippen LogP contribution in [0.15, 0.2) is 77.6 Å². The van der Waals surface area contributed by atoms with Crippen LogP contribution in [0.1, 0.15) is 31.1 Å². The minimum atomic E-state index is -0.379. The molecule has 0 radical (unpaired) electrons. The standard InChI is InChI=1S/C23H23ClN4O/c1-23(2,3)20(25)14-21(27-16-9-5-4-6-10-16)28-22(29)17-13-19-15(12-18(17)24)8-7-11-26-19/h4-14H,25H2,1-3H3,(H,27,28,29)/b20-14-. The lowest BCUT2D eigenvalue weighted by molar-refractivity contribution is 0.0977. The molecule has 148 valence electrons. The molecule has 6 heteroatoms. The Morgan fingerprint density at radius 1 is 1.14 bits per heavy atom. The summed E-state index contributed by atoms with van der Waals surface area (Å²) in [6, 6.07) is 16.5. The Morgan fingerprint density at radius 3 is 2.55 bits per heavy atom. The number of benzene rings is 2. The number of carbonyl (C=O) groups excluding carboxylic acids is 1. The number of aromatic nitrogens is 1. The first kappa shape index (κ1) is 20.6. The van der Waals surface area contributed by atoms with Crippen molar-refractivity contribution in [2.75, 3.05) is 0 Å². The number of amidine groups is 1. The number of amides is 1. The highest BCUT2D eigenvalue weighted by molar-refractivity contribution is 6.35. The third-order valence-corrected chi connectivity index (χ3v) is 4.65. The third kappa shape index (κ3) is 5.21. The molecular weight excluding hydrogens is 384 g/mol. The van der Waals surface area contributed by atoms with Gasteiger partial charge in [0.1, 0.15) is 5.84 Å². The molecule has 0 unspecified atom stereocenters. The SMILES string of the molecule is CC(C)(C)/C(N)=C/C(=Nc1ccccc1)NC(=O)c1cc2ncccc2cc1Cl. The van der Waals surface area contributed by atoms with Crippen LogP contribution in [0.4, 0.5) is 5.69 Å². The van der Waals surface area contributed by atoms with E-state index in [1.165, 1.54) is 0 Å². The van der Waals surface area contributed by atoms with Crippen molar-refractivity contribution < 1.29 is 4.79 Å². The summed E-state index contributed by atoms with van der Waals surface area (Å²) in [7, 11) is 0. The maximum atomic E-state index is 13.0. The molecule has 2 aromatic carbocycles. The second kappa shape index (κ2) is 8.45. The normalized spacial score (nSPS) is 12.8. The van der Waals surface area contributed by atoms with E-state index in [1.54, 1.807) is 24.4 Å². The van der Waals surface area contributed by atoms with Crippen LogP contribution in [0.3, 0.4) is 0 Å². The van der Waals surface area contributed by atoms with Gasteiger partial charge in [0, 0.05) is 28.8 Å². The minimum absolute atomic E-state index is 0.271. The van der Waals surface area contributed by atoms with Crippen LogP contribution in [0.5, 0.6) is 0 Å². The van der Waals surface area contributed by atoms with Gasteiger partial charge in [0.05, 0.1) is 21.8 Å². The number of allylic oxidation sites excluding steroid dienone is 1. The van der Waals surface area contributed by atoms with Crippen molar-refractivity contribution in [1.82, 2.24) is 10.3 Å². The number of carbonyl (C=O) groups is 1. The minimum Gasteiger partial charge on any atom is -0.401 e. The molecule has 29 heavy (non-hydrogen) atoms. The first-order valence-electron chi connectivity index (χ1n) is 9.21. The summed E-state index contributed by atoms with van der Waals surface area (Å²) in [5.74, 6) is -0.0407. The molecule has 1 amide bonds. The molecule has 0 spiro atoms. The summed E-state index contributed by atoms with van der Waals surface area (Å²) in [5.41, 5.74) is 8.25. The van der Waals surface area contributed by atoms with Gasteiger partial charge in [-0.05, 0) is 30.3 Å². The van der Waals surface area contributed by atoms with E-state index < -0.39 is 0 Å². The average molecular weight is 407 g/mol. The van der Waals surface area contributed by atoms with Crippen LogP contribution >= 0.6 is 11.6 Å². The van der Waals surface area contributed by atoms with Crippen molar-refractivity contribution in [2.45, 2.75) is 20.8 Å². The van der Waals surface area contributed by atoms with Gasteiger partial charge in [0.25, 0.3) is 5.91 Å². The van der Waals surface area contributed by atoms with Crippen molar-refractivity contribution in [2.24, 2.45) is 16.1 Å². The van der Waals surface area contributed by atoms with Crippen molar-refractivity contribution in [3.8, 4) is 0 Å². The predicted octanol–water partition coefficient (Wildman–Crippen LogP) is 5.24. The molecule has 0 aliphatic heterocycles. The maximum Gasteiger partial charge on any atom is 0.258 e. The van der Waals surface area contributed by atoms with Crippen LogP contribution in [-0.2, 0) is 0 Å². The van der Waals surface area contributed by atoms with Crippen molar-refractivity contribution >= 4 is 39.9 Å². The zero-order valence-electron chi connectivity index (χ0n) is 16.6. The number of pyridine rings is 1. The number of halogens is 1. The molecule has 0 fully saturated rings. The summed E-state index contributed by atoms with van der Waals surface area (Å²) >= 11 is 6.35. The summed E-state index contributed by atoms with van der Waals surface area (Å²) in [4.78, 5) is 21.8. The molecule has 0 saturated heterocycles. The van der Waals surface area contributed by atoms with Gasteiger partial charge in [-0.1, -0.05) is 56.6 Å². The Balaban J connectivity index is 1.98. The van der Waals surface area contributed by atoms with E-state index in [2.05, 4.69) is 15.3 Å². The first-order chi connectivity index (χ1) is 13.7. The van der Waals surface area contributed by atoms with E-state index >= 15 is 0 Å².